The van der Waals surface area contributed by atoms with Gasteiger partial charge in [0, 0.05) is 52.7 Å². The number of methoxy groups -OCH3 is 1. The van der Waals surface area contributed by atoms with E-state index in [1.165, 1.54) is 0 Å². The first-order valence-corrected chi connectivity index (χ1v) is 9.71. The zero-order chi connectivity index (χ0) is 19.7. The van der Waals surface area contributed by atoms with Gasteiger partial charge in [-0.2, -0.15) is 0 Å². The molecule has 3 N–H and O–H groups in total. The van der Waals surface area contributed by atoms with Crippen molar-refractivity contribution in [3.63, 3.8) is 0 Å². The summed E-state index contributed by atoms with van der Waals surface area (Å²) in [6.45, 7) is 2.03. The predicted molar refractivity (Wildman–Crippen MR) is 111 cm³/mol. The fraction of sp³-hybridized carbons (Fsp3) is 0.250. The van der Waals surface area contributed by atoms with Gasteiger partial charge in [0.15, 0.2) is 0 Å². The quantitative estimate of drug-likeness (QED) is 0.604. The first-order valence-electron chi connectivity index (χ1n) is 8.92. The molecule has 0 saturated heterocycles. The number of pyridine rings is 1. The molecule has 4 rings (SSSR count). The monoisotopic (exact) mass is 441 g/mol. The number of ether oxygens (including phenoxy) is 1. The van der Waals surface area contributed by atoms with E-state index in [1.807, 2.05) is 18.2 Å². The van der Waals surface area contributed by atoms with Crippen molar-refractivity contribution >= 4 is 21.6 Å². The second kappa shape index (κ2) is 7.73. The Bertz CT molecular complexity index is 1070. The molecular formula is C20H20BrN5O2. The Morgan fingerprint density at radius 2 is 2.11 bits per heavy atom. The van der Waals surface area contributed by atoms with Crippen LogP contribution >= 0.6 is 15.9 Å². The number of H-pyrrole nitrogens is 1. The van der Waals surface area contributed by atoms with Gasteiger partial charge in [-0.25, -0.2) is 9.97 Å². The summed E-state index contributed by atoms with van der Waals surface area (Å²) in [5.41, 5.74) is 9.75. The van der Waals surface area contributed by atoms with Gasteiger partial charge in [0.2, 0.25) is 5.88 Å². The number of benzene rings is 1. The van der Waals surface area contributed by atoms with Crippen molar-refractivity contribution in [2.24, 2.45) is 0 Å². The number of anilines is 1. The standard InChI is InChI=1S/C20H20BrN5O2/c1-28-20-13(8-14(21)9-23-20)10-26-7-6-16-17(11-26)24-18(25-19(16)27)12-2-4-15(22)5-3-12/h2-5,8-9H,6-7,10-11,22H2,1H3,(H,24,25,27). The van der Waals surface area contributed by atoms with Gasteiger partial charge in [0.25, 0.3) is 5.56 Å². The van der Waals surface area contributed by atoms with Crippen LogP contribution < -0.4 is 16.0 Å². The molecule has 7 nitrogen and oxygen atoms in total. The molecule has 8 heteroatoms. The zero-order valence-electron chi connectivity index (χ0n) is 15.4. The molecule has 3 heterocycles. The number of rotatable bonds is 4. The molecule has 0 spiro atoms. The Balaban J connectivity index is 1.62. The van der Waals surface area contributed by atoms with E-state index in [0.29, 0.717) is 36.9 Å². The molecule has 0 saturated carbocycles. The van der Waals surface area contributed by atoms with E-state index < -0.39 is 0 Å². The third kappa shape index (κ3) is 3.79. The maximum Gasteiger partial charge on any atom is 0.254 e. The SMILES string of the molecule is COc1ncc(Br)cc1CN1CCc2c(nc(-c3ccc(N)cc3)[nH]c2=O)C1. The Morgan fingerprint density at radius 3 is 2.86 bits per heavy atom. The van der Waals surface area contributed by atoms with E-state index in [2.05, 4.69) is 30.8 Å². The van der Waals surface area contributed by atoms with Crippen LogP contribution in [0.5, 0.6) is 5.88 Å². The summed E-state index contributed by atoms with van der Waals surface area (Å²) in [5.74, 6) is 1.17. The van der Waals surface area contributed by atoms with Gasteiger partial charge in [0.05, 0.1) is 12.8 Å². The number of nitrogens with zero attached hydrogens (tertiary/aromatic N) is 3. The zero-order valence-corrected chi connectivity index (χ0v) is 17.0. The summed E-state index contributed by atoms with van der Waals surface area (Å²) in [6.07, 6.45) is 2.37. The van der Waals surface area contributed by atoms with Gasteiger partial charge < -0.3 is 15.5 Å². The van der Waals surface area contributed by atoms with Gasteiger partial charge >= 0.3 is 0 Å². The smallest absolute Gasteiger partial charge is 0.254 e. The highest BCUT2D eigenvalue weighted by atomic mass is 79.9. The Hall–Kier alpha value is -2.71. The van der Waals surface area contributed by atoms with E-state index in [1.54, 1.807) is 25.4 Å². The van der Waals surface area contributed by atoms with Gasteiger partial charge in [-0.05, 0) is 52.7 Å². The molecule has 3 aromatic rings. The maximum atomic E-state index is 12.6. The summed E-state index contributed by atoms with van der Waals surface area (Å²) in [7, 11) is 1.62. The normalized spacial score (nSPS) is 13.9. The molecule has 0 bridgehead atoms. The molecule has 0 unspecified atom stereocenters. The minimum absolute atomic E-state index is 0.0711. The topological polar surface area (TPSA) is 97.1 Å². The Labute approximate surface area is 170 Å². The molecule has 28 heavy (non-hydrogen) atoms. The summed E-state index contributed by atoms with van der Waals surface area (Å²) >= 11 is 3.46. The van der Waals surface area contributed by atoms with E-state index in [9.17, 15) is 4.79 Å². The number of halogens is 1. The van der Waals surface area contributed by atoms with Crippen LogP contribution in [0.15, 0.2) is 45.8 Å². The summed E-state index contributed by atoms with van der Waals surface area (Å²) in [4.78, 5) is 26.7. The van der Waals surface area contributed by atoms with Crippen molar-refractivity contribution in [1.82, 2.24) is 19.9 Å². The van der Waals surface area contributed by atoms with E-state index >= 15 is 0 Å². The van der Waals surface area contributed by atoms with Crippen LogP contribution in [0.3, 0.4) is 0 Å². The largest absolute Gasteiger partial charge is 0.481 e. The molecule has 0 fully saturated rings. The number of aromatic nitrogens is 3. The van der Waals surface area contributed by atoms with Crippen molar-refractivity contribution < 1.29 is 4.74 Å². The number of aromatic amines is 1. The van der Waals surface area contributed by atoms with Crippen molar-refractivity contribution in [1.29, 1.82) is 0 Å². The lowest BCUT2D eigenvalue weighted by Crippen LogP contribution is -2.35. The van der Waals surface area contributed by atoms with Crippen LogP contribution in [0.25, 0.3) is 11.4 Å². The van der Waals surface area contributed by atoms with Crippen molar-refractivity contribution in [2.45, 2.75) is 19.5 Å². The highest BCUT2D eigenvalue weighted by Gasteiger charge is 2.22. The van der Waals surface area contributed by atoms with E-state index in [4.69, 9.17) is 15.5 Å². The molecule has 0 radical (unpaired) electrons. The minimum atomic E-state index is -0.0711. The third-order valence-electron chi connectivity index (χ3n) is 4.82. The maximum absolute atomic E-state index is 12.6. The average molecular weight is 442 g/mol. The van der Waals surface area contributed by atoms with Crippen LogP contribution in [-0.2, 0) is 19.5 Å². The lowest BCUT2D eigenvalue weighted by molar-refractivity contribution is 0.236. The number of fused-ring (bicyclic) bond motifs is 1. The molecule has 0 atom stereocenters. The van der Waals surface area contributed by atoms with E-state index in [0.717, 1.165) is 33.4 Å². The number of hydrogen-bond donors (Lipinski definition) is 2. The Kier molecular flexibility index (Phi) is 5.15. The van der Waals surface area contributed by atoms with Crippen LogP contribution in [0.4, 0.5) is 5.69 Å². The van der Waals surface area contributed by atoms with Crippen molar-refractivity contribution in [3.05, 3.63) is 68.2 Å². The van der Waals surface area contributed by atoms with Crippen LogP contribution in [0.1, 0.15) is 16.8 Å². The summed E-state index contributed by atoms with van der Waals surface area (Å²) in [5, 5.41) is 0. The summed E-state index contributed by atoms with van der Waals surface area (Å²) < 4.78 is 6.28. The molecular weight excluding hydrogens is 422 g/mol. The lowest BCUT2D eigenvalue weighted by atomic mass is 10.1. The molecule has 2 aromatic heterocycles. The molecule has 0 amide bonds. The first kappa shape index (κ1) is 18.6. The minimum Gasteiger partial charge on any atom is -0.481 e. The second-order valence-electron chi connectivity index (χ2n) is 6.74. The molecule has 1 aromatic carbocycles. The summed E-state index contributed by atoms with van der Waals surface area (Å²) in [6, 6.07) is 9.32. The predicted octanol–water partition coefficient (Wildman–Crippen LogP) is 2.74. The van der Waals surface area contributed by atoms with Gasteiger partial charge in [-0.3, -0.25) is 9.69 Å². The van der Waals surface area contributed by atoms with Crippen LogP contribution in [0.2, 0.25) is 0 Å². The van der Waals surface area contributed by atoms with E-state index in [-0.39, 0.29) is 5.56 Å². The van der Waals surface area contributed by atoms with Crippen molar-refractivity contribution in [2.75, 3.05) is 19.4 Å². The highest BCUT2D eigenvalue weighted by molar-refractivity contribution is 9.10. The molecule has 1 aliphatic rings. The second-order valence-corrected chi connectivity index (χ2v) is 7.66. The third-order valence-corrected chi connectivity index (χ3v) is 5.25. The number of hydrogen-bond acceptors (Lipinski definition) is 6. The average Bonchev–Trinajstić information content (AvgIpc) is 2.68. The van der Waals surface area contributed by atoms with Crippen LogP contribution in [0, 0.1) is 0 Å². The number of nitrogen functional groups attached to an aromatic ring is 1. The highest BCUT2D eigenvalue weighted by Crippen LogP contribution is 2.25. The fourth-order valence-corrected chi connectivity index (χ4v) is 3.79. The fourth-order valence-electron chi connectivity index (χ4n) is 3.41. The first-order chi connectivity index (χ1) is 13.5. The molecule has 144 valence electrons. The van der Waals surface area contributed by atoms with Gasteiger partial charge in [0.1, 0.15) is 5.82 Å². The van der Waals surface area contributed by atoms with Gasteiger partial charge in [-0.1, -0.05) is 0 Å². The van der Waals surface area contributed by atoms with Crippen LogP contribution in [-0.4, -0.2) is 33.5 Å². The van der Waals surface area contributed by atoms with Gasteiger partial charge in [-0.15, -0.1) is 0 Å². The number of nitrogens with two attached hydrogens (primary N) is 1. The number of nitrogens with one attached hydrogen (secondary N) is 1. The molecule has 0 aliphatic carbocycles. The van der Waals surface area contributed by atoms with Crippen molar-refractivity contribution in [3.8, 4) is 17.3 Å². The Morgan fingerprint density at radius 1 is 1.32 bits per heavy atom. The molecule has 1 aliphatic heterocycles. The lowest BCUT2D eigenvalue weighted by Gasteiger charge is -2.28.